The van der Waals surface area contributed by atoms with Crippen LogP contribution in [0.15, 0.2) is 23.0 Å². The van der Waals surface area contributed by atoms with Crippen molar-refractivity contribution in [2.45, 2.75) is 18.8 Å². The Labute approximate surface area is 121 Å². The van der Waals surface area contributed by atoms with Gasteiger partial charge < -0.3 is 15.4 Å². The van der Waals surface area contributed by atoms with Crippen LogP contribution in [0.2, 0.25) is 5.02 Å². The SMILES string of the molecule is O=c1[nH]c(CNCC(O)C(F)(F)F)nc2cc(Cl)ccc12. The monoisotopic (exact) mass is 321 g/mol. The molecule has 0 bridgehead atoms. The minimum Gasteiger partial charge on any atom is -0.382 e. The first-order chi connectivity index (χ1) is 9.77. The van der Waals surface area contributed by atoms with E-state index < -0.39 is 24.4 Å². The normalized spacial score (nSPS) is 13.6. The summed E-state index contributed by atoms with van der Waals surface area (Å²) in [4.78, 5) is 18.3. The van der Waals surface area contributed by atoms with Crippen LogP contribution in [-0.2, 0) is 6.54 Å². The minimum absolute atomic E-state index is 0.120. The number of halogens is 4. The van der Waals surface area contributed by atoms with Crippen LogP contribution in [0.5, 0.6) is 0 Å². The number of fused-ring (bicyclic) bond motifs is 1. The summed E-state index contributed by atoms with van der Waals surface area (Å²) in [5, 5.41) is 11.9. The standard InChI is InChI=1S/C12H11ClF3N3O2/c13-6-1-2-7-8(3-6)18-10(19-11(7)21)5-17-4-9(20)12(14,15)16/h1-3,9,17,20H,4-5H2,(H,18,19,21). The number of hydrogen-bond acceptors (Lipinski definition) is 4. The van der Waals surface area contributed by atoms with E-state index >= 15 is 0 Å². The maximum Gasteiger partial charge on any atom is 0.415 e. The number of aliphatic hydroxyl groups is 1. The molecule has 21 heavy (non-hydrogen) atoms. The van der Waals surface area contributed by atoms with Gasteiger partial charge >= 0.3 is 6.18 Å². The molecule has 1 atom stereocenters. The van der Waals surface area contributed by atoms with Gasteiger partial charge in [0.2, 0.25) is 0 Å². The van der Waals surface area contributed by atoms with Crippen molar-refractivity contribution in [2.24, 2.45) is 0 Å². The third-order valence-electron chi connectivity index (χ3n) is 2.73. The first kappa shape index (κ1) is 15.7. The maximum atomic E-state index is 12.1. The highest BCUT2D eigenvalue weighted by Crippen LogP contribution is 2.19. The Morgan fingerprint density at radius 1 is 1.43 bits per heavy atom. The molecular formula is C12H11ClF3N3O2. The summed E-state index contributed by atoms with van der Waals surface area (Å²) in [6, 6.07) is 4.53. The zero-order valence-electron chi connectivity index (χ0n) is 10.5. The quantitative estimate of drug-likeness (QED) is 0.799. The van der Waals surface area contributed by atoms with E-state index in [1.807, 2.05) is 0 Å². The number of aromatic nitrogens is 2. The van der Waals surface area contributed by atoms with Gasteiger partial charge in [-0.2, -0.15) is 13.2 Å². The van der Waals surface area contributed by atoms with E-state index in [4.69, 9.17) is 16.7 Å². The summed E-state index contributed by atoms with van der Waals surface area (Å²) in [6.45, 7) is -0.814. The van der Waals surface area contributed by atoms with Crippen LogP contribution in [0.4, 0.5) is 13.2 Å². The molecule has 0 aliphatic carbocycles. The lowest BCUT2D eigenvalue weighted by molar-refractivity contribution is -0.201. The molecule has 0 saturated carbocycles. The summed E-state index contributed by atoms with van der Waals surface area (Å²) in [6.07, 6.45) is -7.16. The average molecular weight is 322 g/mol. The smallest absolute Gasteiger partial charge is 0.382 e. The molecule has 9 heteroatoms. The molecule has 0 fully saturated rings. The highest BCUT2D eigenvalue weighted by atomic mass is 35.5. The van der Waals surface area contributed by atoms with Crippen molar-refractivity contribution in [1.29, 1.82) is 0 Å². The van der Waals surface area contributed by atoms with Crippen LogP contribution in [0.1, 0.15) is 5.82 Å². The third-order valence-corrected chi connectivity index (χ3v) is 2.96. The molecule has 1 heterocycles. The lowest BCUT2D eigenvalue weighted by Crippen LogP contribution is -2.38. The zero-order valence-corrected chi connectivity index (χ0v) is 11.3. The Kier molecular flexibility index (Phi) is 4.50. The molecule has 0 amide bonds. The third kappa shape index (κ3) is 3.93. The summed E-state index contributed by atoms with van der Waals surface area (Å²) in [5.74, 6) is 0.157. The van der Waals surface area contributed by atoms with E-state index in [1.165, 1.54) is 12.1 Å². The van der Waals surface area contributed by atoms with Crippen LogP contribution >= 0.6 is 11.6 Å². The van der Waals surface area contributed by atoms with Crippen LogP contribution < -0.4 is 10.9 Å². The number of nitrogens with zero attached hydrogens (tertiary/aromatic N) is 1. The second kappa shape index (κ2) is 6.00. The van der Waals surface area contributed by atoms with Crippen molar-refractivity contribution in [1.82, 2.24) is 15.3 Å². The van der Waals surface area contributed by atoms with Crippen LogP contribution in [0.25, 0.3) is 10.9 Å². The van der Waals surface area contributed by atoms with Gasteiger partial charge in [0.05, 0.1) is 17.4 Å². The molecule has 2 rings (SSSR count). The minimum atomic E-state index is -4.69. The second-order valence-electron chi connectivity index (χ2n) is 4.36. The molecule has 0 saturated heterocycles. The maximum absolute atomic E-state index is 12.1. The van der Waals surface area contributed by atoms with E-state index in [0.717, 1.165) is 0 Å². The number of hydrogen-bond donors (Lipinski definition) is 3. The number of aliphatic hydroxyl groups excluding tert-OH is 1. The number of aromatic amines is 1. The fourth-order valence-electron chi connectivity index (χ4n) is 1.69. The molecule has 1 aromatic heterocycles. The first-order valence-corrected chi connectivity index (χ1v) is 6.29. The topological polar surface area (TPSA) is 78.0 Å². The van der Waals surface area contributed by atoms with Gasteiger partial charge in [-0.05, 0) is 18.2 Å². The Balaban J connectivity index is 2.11. The molecular weight excluding hydrogens is 311 g/mol. The lowest BCUT2D eigenvalue weighted by atomic mass is 10.2. The van der Waals surface area contributed by atoms with Gasteiger partial charge in [0, 0.05) is 11.6 Å². The number of benzene rings is 1. The van der Waals surface area contributed by atoms with E-state index in [0.29, 0.717) is 15.9 Å². The van der Waals surface area contributed by atoms with E-state index in [2.05, 4.69) is 15.3 Å². The molecule has 1 unspecified atom stereocenters. The molecule has 114 valence electrons. The van der Waals surface area contributed by atoms with Crippen LogP contribution in [0.3, 0.4) is 0 Å². The number of alkyl halides is 3. The zero-order chi connectivity index (χ0) is 15.6. The van der Waals surface area contributed by atoms with Crippen molar-refractivity contribution in [3.8, 4) is 0 Å². The van der Waals surface area contributed by atoms with Crippen molar-refractivity contribution < 1.29 is 18.3 Å². The van der Waals surface area contributed by atoms with Gasteiger partial charge in [-0.1, -0.05) is 11.6 Å². The Morgan fingerprint density at radius 3 is 2.81 bits per heavy atom. The van der Waals surface area contributed by atoms with Crippen molar-refractivity contribution >= 4 is 22.5 Å². The molecule has 0 aliphatic rings. The van der Waals surface area contributed by atoms with Crippen LogP contribution in [-0.4, -0.2) is 33.9 Å². The second-order valence-corrected chi connectivity index (χ2v) is 4.80. The molecule has 0 radical (unpaired) electrons. The van der Waals surface area contributed by atoms with Crippen molar-refractivity contribution in [3.05, 3.63) is 39.4 Å². The van der Waals surface area contributed by atoms with Gasteiger partial charge in [-0.3, -0.25) is 4.79 Å². The summed E-state index contributed by atoms with van der Waals surface area (Å²) in [5.41, 5.74) is -0.0655. The molecule has 0 aliphatic heterocycles. The van der Waals surface area contributed by atoms with Crippen molar-refractivity contribution in [3.63, 3.8) is 0 Å². The van der Waals surface area contributed by atoms with E-state index in [9.17, 15) is 18.0 Å². The van der Waals surface area contributed by atoms with Gasteiger partial charge in [-0.15, -0.1) is 0 Å². The highest BCUT2D eigenvalue weighted by Gasteiger charge is 2.37. The summed E-state index contributed by atoms with van der Waals surface area (Å²) < 4.78 is 36.3. The Morgan fingerprint density at radius 2 is 2.14 bits per heavy atom. The Bertz CT molecular complexity index is 702. The van der Waals surface area contributed by atoms with Crippen molar-refractivity contribution in [2.75, 3.05) is 6.54 Å². The predicted molar refractivity (Wildman–Crippen MR) is 71.1 cm³/mol. The Hall–Kier alpha value is -1.64. The van der Waals surface area contributed by atoms with Gasteiger partial charge in [-0.25, -0.2) is 4.98 Å². The van der Waals surface area contributed by atoms with E-state index in [1.54, 1.807) is 6.07 Å². The fraction of sp³-hybridized carbons (Fsp3) is 0.333. The van der Waals surface area contributed by atoms with E-state index in [-0.39, 0.29) is 12.4 Å². The number of H-pyrrole nitrogens is 1. The largest absolute Gasteiger partial charge is 0.415 e. The molecule has 1 aromatic carbocycles. The summed E-state index contributed by atoms with van der Waals surface area (Å²) in [7, 11) is 0. The number of nitrogens with one attached hydrogen (secondary N) is 2. The number of rotatable bonds is 4. The average Bonchev–Trinajstić information content (AvgIpc) is 2.36. The molecule has 3 N–H and O–H groups in total. The first-order valence-electron chi connectivity index (χ1n) is 5.91. The summed E-state index contributed by atoms with van der Waals surface area (Å²) >= 11 is 5.79. The molecule has 2 aromatic rings. The highest BCUT2D eigenvalue weighted by molar-refractivity contribution is 6.31. The van der Waals surface area contributed by atoms with Gasteiger partial charge in [0.1, 0.15) is 5.82 Å². The van der Waals surface area contributed by atoms with Gasteiger partial charge in [0.15, 0.2) is 6.10 Å². The lowest BCUT2D eigenvalue weighted by Gasteiger charge is -2.14. The fourth-order valence-corrected chi connectivity index (χ4v) is 1.85. The molecule has 5 nitrogen and oxygen atoms in total. The predicted octanol–water partition coefficient (Wildman–Crippen LogP) is 1.59. The molecule has 0 spiro atoms. The van der Waals surface area contributed by atoms with Crippen LogP contribution in [0, 0.1) is 0 Å². The van der Waals surface area contributed by atoms with Gasteiger partial charge in [0.25, 0.3) is 5.56 Å².